The zero-order chi connectivity index (χ0) is 8.81. The minimum Gasteiger partial charge on any atom is -0.311 e. The molecule has 0 aliphatic rings. The highest BCUT2D eigenvalue weighted by molar-refractivity contribution is 7.27. The topological polar surface area (TPSA) is 24.9 Å². The Hall–Kier alpha value is -0.460. The lowest BCUT2D eigenvalue weighted by Crippen LogP contribution is -2.15. The van der Waals surface area contributed by atoms with E-state index in [0.717, 1.165) is 24.1 Å². The van der Waals surface area contributed by atoms with Gasteiger partial charge in [0.1, 0.15) is 0 Å². The molecular weight excluding hydrogens is 167 g/mol. The van der Waals surface area contributed by atoms with Gasteiger partial charge >= 0.3 is 0 Å². The molecule has 0 spiro atoms. The maximum absolute atomic E-state index is 4.27. The summed E-state index contributed by atoms with van der Waals surface area (Å²) in [4.78, 5) is 4.27. The van der Waals surface area contributed by atoms with Crippen molar-refractivity contribution in [1.29, 1.82) is 0 Å². The molecule has 1 heterocycles. The van der Waals surface area contributed by atoms with Gasteiger partial charge in [0, 0.05) is 12.7 Å². The largest absolute Gasteiger partial charge is 0.311 e. The van der Waals surface area contributed by atoms with E-state index in [4.69, 9.17) is 0 Å². The third-order valence-electron chi connectivity index (χ3n) is 1.58. The van der Waals surface area contributed by atoms with Gasteiger partial charge in [-0.05, 0) is 24.3 Å². The average molecular weight is 182 g/mol. The van der Waals surface area contributed by atoms with Crippen LogP contribution >= 0.6 is 9.24 Å². The Morgan fingerprint density at radius 1 is 1.50 bits per heavy atom. The molecule has 0 aromatic carbocycles. The molecule has 0 saturated heterocycles. The Labute approximate surface area is 76.0 Å². The van der Waals surface area contributed by atoms with E-state index in [1.807, 2.05) is 12.3 Å². The molecule has 0 amide bonds. The molecule has 0 radical (unpaired) electrons. The molecule has 3 heteroatoms. The lowest BCUT2D eigenvalue weighted by molar-refractivity contribution is 0.664. The second-order valence-corrected chi connectivity index (χ2v) is 3.43. The van der Waals surface area contributed by atoms with E-state index < -0.39 is 0 Å². The molecule has 0 saturated carbocycles. The first-order chi connectivity index (χ1) is 5.83. The van der Waals surface area contributed by atoms with Crippen LogP contribution in [-0.4, -0.2) is 11.5 Å². The van der Waals surface area contributed by atoms with E-state index in [1.54, 1.807) is 0 Å². The van der Waals surface area contributed by atoms with Crippen molar-refractivity contribution in [2.75, 3.05) is 6.54 Å². The molecule has 0 bridgehead atoms. The number of pyridine rings is 1. The smallest absolute Gasteiger partial charge is 0.0542 e. The SMILES string of the molecule is CCCNCc1ccc(P)cn1. The summed E-state index contributed by atoms with van der Waals surface area (Å²) in [6.45, 7) is 4.09. The third-order valence-corrected chi connectivity index (χ3v) is 1.92. The van der Waals surface area contributed by atoms with Gasteiger partial charge in [-0.1, -0.05) is 13.0 Å². The van der Waals surface area contributed by atoms with E-state index in [1.165, 1.54) is 6.42 Å². The van der Waals surface area contributed by atoms with Crippen molar-refractivity contribution in [2.45, 2.75) is 19.9 Å². The van der Waals surface area contributed by atoms with Gasteiger partial charge in [0.25, 0.3) is 0 Å². The van der Waals surface area contributed by atoms with Gasteiger partial charge in [0.15, 0.2) is 0 Å². The van der Waals surface area contributed by atoms with Crippen LogP contribution in [0.15, 0.2) is 18.3 Å². The molecule has 0 fully saturated rings. The quantitative estimate of drug-likeness (QED) is 0.556. The molecule has 1 aromatic rings. The van der Waals surface area contributed by atoms with Crippen molar-refractivity contribution in [3.8, 4) is 0 Å². The van der Waals surface area contributed by atoms with Crippen LogP contribution in [0.5, 0.6) is 0 Å². The molecule has 0 aliphatic carbocycles. The lowest BCUT2D eigenvalue weighted by atomic mass is 10.3. The summed E-state index contributed by atoms with van der Waals surface area (Å²) in [6.07, 6.45) is 3.04. The first kappa shape index (κ1) is 9.63. The minimum absolute atomic E-state index is 0.874. The van der Waals surface area contributed by atoms with Crippen LogP contribution in [0, 0.1) is 0 Å². The maximum atomic E-state index is 4.27. The van der Waals surface area contributed by atoms with E-state index in [9.17, 15) is 0 Å². The van der Waals surface area contributed by atoms with Crippen LogP contribution < -0.4 is 10.6 Å². The summed E-state index contributed by atoms with van der Waals surface area (Å²) < 4.78 is 0. The van der Waals surface area contributed by atoms with E-state index >= 15 is 0 Å². The van der Waals surface area contributed by atoms with E-state index in [-0.39, 0.29) is 0 Å². The summed E-state index contributed by atoms with van der Waals surface area (Å²) in [5.41, 5.74) is 1.11. The van der Waals surface area contributed by atoms with Crippen LogP contribution in [0.4, 0.5) is 0 Å². The first-order valence-electron chi connectivity index (χ1n) is 4.24. The predicted molar refractivity (Wildman–Crippen MR) is 55.6 cm³/mol. The highest BCUT2D eigenvalue weighted by atomic mass is 31.0. The minimum atomic E-state index is 0.874. The lowest BCUT2D eigenvalue weighted by Gasteiger charge is -2.01. The number of rotatable bonds is 4. The van der Waals surface area contributed by atoms with Crippen LogP contribution in [0.2, 0.25) is 0 Å². The number of nitrogens with one attached hydrogen (secondary N) is 1. The van der Waals surface area contributed by atoms with Crippen molar-refractivity contribution >= 4 is 14.5 Å². The van der Waals surface area contributed by atoms with Gasteiger partial charge in [-0.2, -0.15) is 0 Å². The summed E-state index contributed by atoms with van der Waals surface area (Å²) in [5, 5.41) is 4.44. The highest BCUT2D eigenvalue weighted by Gasteiger charge is 1.91. The van der Waals surface area contributed by atoms with Crippen LogP contribution in [0.25, 0.3) is 0 Å². The Morgan fingerprint density at radius 3 is 2.92 bits per heavy atom. The Balaban J connectivity index is 2.37. The summed E-state index contributed by atoms with van der Waals surface area (Å²) in [6, 6.07) is 4.10. The Bertz CT molecular complexity index is 220. The molecule has 2 nitrogen and oxygen atoms in total. The van der Waals surface area contributed by atoms with Gasteiger partial charge in [0.2, 0.25) is 0 Å². The number of hydrogen-bond donors (Lipinski definition) is 1. The molecular formula is C9H15N2P. The van der Waals surface area contributed by atoms with Gasteiger partial charge in [-0.25, -0.2) is 0 Å². The van der Waals surface area contributed by atoms with E-state index in [2.05, 4.69) is 32.5 Å². The molecule has 1 atom stereocenters. The van der Waals surface area contributed by atoms with Crippen LogP contribution in [0.3, 0.4) is 0 Å². The normalized spacial score (nSPS) is 10.2. The van der Waals surface area contributed by atoms with Crippen molar-refractivity contribution in [2.24, 2.45) is 0 Å². The third kappa shape index (κ3) is 3.29. The highest BCUT2D eigenvalue weighted by Crippen LogP contribution is 1.93. The van der Waals surface area contributed by atoms with Crippen molar-refractivity contribution in [1.82, 2.24) is 10.3 Å². The fourth-order valence-electron chi connectivity index (χ4n) is 0.934. The second-order valence-electron chi connectivity index (χ2n) is 2.76. The second kappa shape index (κ2) is 5.23. The predicted octanol–water partition coefficient (Wildman–Crippen LogP) is 1.08. The fourth-order valence-corrected chi connectivity index (χ4v) is 1.10. The average Bonchev–Trinajstić information content (AvgIpc) is 2.09. The molecule has 1 aromatic heterocycles. The summed E-state index contributed by atoms with van der Waals surface area (Å²) in [7, 11) is 2.63. The zero-order valence-corrected chi connectivity index (χ0v) is 8.53. The fraction of sp³-hybridized carbons (Fsp3) is 0.444. The van der Waals surface area contributed by atoms with Crippen LogP contribution in [0.1, 0.15) is 19.0 Å². The molecule has 1 rings (SSSR count). The summed E-state index contributed by atoms with van der Waals surface area (Å²) in [5.74, 6) is 0. The molecule has 1 unspecified atom stereocenters. The van der Waals surface area contributed by atoms with Crippen molar-refractivity contribution < 1.29 is 0 Å². The monoisotopic (exact) mass is 182 g/mol. The van der Waals surface area contributed by atoms with Gasteiger partial charge in [0.05, 0.1) is 5.69 Å². The van der Waals surface area contributed by atoms with Crippen molar-refractivity contribution in [3.05, 3.63) is 24.0 Å². The standard InChI is InChI=1S/C9H15N2P/c1-2-5-10-6-8-3-4-9(12)7-11-8/h3-4,7,10H,2,5-6,12H2,1H3. The molecule has 0 aliphatic heterocycles. The van der Waals surface area contributed by atoms with Gasteiger partial charge in [-0.3, -0.25) is 4.98 Å². The maximum Gasteiger partial charge on any atom is 0.0542 e. The Morgan fingerprint density at radius 2 is 2.33 bits per heavy atom. The number of aromatic nitrogens is 1. The molecule has 12 heavy (non-hydrogen) atoms. The Kier molecular flexibility index (Phi) is 4.20. The van der Waals surface area contributed by atoms with Crippen molar-refractivity contribution in [3.63, 3.8) is 0 Å². The van der Waals surface area contributed by atoms with Crippen LogP contribution in [-0.2, 0) is 6.54 Å². The summed E-state index contributed by atoms with van der Waals surface area (Å²) >= 11 is 0. The number of hydrogen-bond acceptors (Lipinski definition) is 2. The van der Waals surface area contributed by atoms with Gasteiger partial charge < -0.3 is 5.32 Å². The number of nitrogens with zero attached hydrogens (tertiary/aromatic N) is 1. The van der Waals surface area contributed by atoms with E-state index in [0.29, 0.717) is 0 Å². The van der Waals surface area contributed by atoms with Gasteiger partial charge in [-0.15, -0.1) is 9.24 Å². The molecule has 1 N–H and O–H groups in total. The molecule has 66 valence electrons. The first-order valence-corrected chi connectivity index (χ1v) is 4.81. The zero-order valence-electron chi connectivity index (χ0n) is 7.38.